The normalized spacial score (nSPS) is 15.7. The summed E-state index contributed by atoms with van der Waals surface area (Å²) in [6.07, 6.45) is 0.780. The van der Waals surface area contributed by atoms with Gasteiger partial charge >= 0.3 is 0 Å². The molecule has 4 rings (SSSR count). The lowest BCUT2D eigenvalue weighted by Gasteiger charge is -2.23. The van der Waals surface area contributed by atoms with Crippen LogP contribution >= 0.6 is 0 Å². The molecule has 160 valence electrons. The molecular weight excluding hydrogens is 408 g/mol. The van der Waals surface area contributed by atoms with E-state index in [9.17, 15) is 13.2 Å². The average Bonchev–Trinajstić information content (AvgIpc) is 3.09. The van der Waals surface area contributed by atoms with E-state index in [-0.39, 0.29) is 18.5 Å². The van der Waals surface area contributed by atoms with Crippen LogP contribution < -0.4 is 9.62 Å². The van der Waals surface area contributed by atoms with Crippen LogP contribution in [0.1, 0.15) is 39.5 Å². The van der Waals surface area contributed by atoms with Gasteiger partial charge in [-0.3, -0.25) is 4.79 Å². The van der Waals surface area contributed by atoms with Crippen LogP contribution in [0.5, 0.6) is 0 Å². The lowest BCUT2D eigenvalue weighted by atomic mass is 10.1. The van der Waals surface area contributed by atoms with Crippen molar-refractivity contribution >= 4 is 21.6 Å². The maximum atomic E-state index is 13.1. The van der Waals surface area contributed by atoms with Crippen molar-refractivity contribution in [2.45, 2.75) is 44.7 Å². The largest absolute Gasteiger partial charge is 0.305 e. The third-order valence-electron chi connectivity index (χ3n) is 5.70. The van der Waals surface area contributed by atoms with Gasteiger partial charge in [-0.2, -0.15) is 0 Å². The number of nitrogens with zero attached hydrogens (tertiary/aromatic N) is 1. The van der Waals surface area contributed by atoms with Crippen LogP contribution in [0.15, 0.2) is 71.6 Å². The van der Waals surface area contributed by atoms with E-state index in [1.807, 2.05) is 79.4 Å². The molecule has 31 heavy (non-hydrogen) atoms. The first kappa shape index (κ1) is 21.3. The zero-order chi connectivity index (χ0) is 22.2. The number of fused-ring (bicyclic) bond motifs is 1. The fourth-order valence-electron chi connectivity index (χ4n) is 4.05. The van der Waals surface area contributed by atoms with E-state index in [1.165, 1.54) is 0 Å². The van der Waals surface area contributed by atoms with Crippen LogP contribution in [0.2, 0.25) is 0 Å². The van der Waals surface area contributed by atoms with E-state index in [0.717, 1.165) is 28.8 Å². The van der Waals surface area contributed by atoms with Crippen molar-refractivity contribution in [3.05, 3.63) is 94.5 Å². The maximum absolute atomic E-state index is 13.1. The number of anilines is 1. The van der Waals surface area contributed by atoms with Gasteiger partial charge in [0.05, 0.1) is 4.90 Å². The highest BCUT2D eigenvalue weighted by atomic mass is 32.2. The summed E-state index contributed by atoms with van der Waals surface area (Å²) in [5.41, 5.74) is 5.01. The third-order valence-corrected chi connectivity index (χ3v) is 7.25. The van der Waals surface area contributed by atoms with Gasteiger partial charge in [-0.25, -0.2) is 13.1 Å². The number of amides is 1. The predicted octanol–water partition coefficient (Wildman–Crippen LogP) is 4.37. The standard InChI is InChI=1S/C25H26N2O3S/c1-17-9-10-18(2)24(13-17)31(29,30)26-16-20-11-12-22-14-19(3)27(23(22)15-20)25(28)21-7-5-4-6-8-21/h4-13,15,19,26H,14,16H2,1-3H3/t19-/m0/s1. The number of carbonyl (C=O) groups is 1. The Morgan fingerprint density at radius 1 is 1.03 bits per heavy atom. The molecule has 1 amide bonds. The van der Waals surface area contributed by atoms with Crippen molar-refractivity contribution in [3.63, 3.8) is 0 Å². The van der Waals surface area contributed by atoms with E-state index < -0.39 is 10.0 Å². The molecule has 0 unspecified atom stereocenters. The number of rotatable bonds is 5. The molecule has 1 aliphatic heterocycles. The van der Waals surface area contributed by atoms with Gasteiger partial charge in [-0.05, 0) is 73.7 Å². The van der Waals surface area contributed by atoms with Crippen molar-refractivity contribution in [1.29, 1.82) is 0 Å². The Bertz CT molecular complexity index is 1240. The topological polar surface area (TPSA) is 66.5 Å². The fourth-order valence-corrected chi connectivity index (χ4v) is 5.39. The summed E-state index contributed by atoms with van der Waals surface area (Å²) < 4.78 is 28.4. The van der Waals surface area contributed by atoms with Gasteiger partial charge in [0.15, 0.2) is 0 Å². The Hall–Kier alpha value is -2.96. The van der Waals surface area contributed by atoms with Gasteiger partial charge in [0.2, 0.25) is 10.0 Å². The molecule has 1 heterocycles. The Balaban J connectivity index is 1.58. The molecule has 3 aromatic rings. The van der Waals surface area contributed by atoms with Crippen LogP contribution in [0.4, 0.5) is 5.69 Å². The van der Waals surface area contributed by atoms with Crippen molar-refractivity contribution in [2.75, 3.05) is 4.90 Å². The monoisotopic (exact) mass is 434 g/mol. The summed E-state index contributed by atoms with van der Waals surface area (Å²) in [6, 6.07) is 20.5. The van der Waals surface area contributed by atoms with Gasteiger partial charge in [0.1, 0.15) is 0 Å². The van der Waals surface area contributed by atoms with Gasteiger partial charge in [0.25, 0.3) is 5.91 Å². The van der Waals surface area contributed by atoms with Crippen LogP contribution in [0.3, 0.4) is 0 Å². The third kappa shape index (κ3) is 4.27. The number of aryl methyl sites for hydroxylation is 2. The van der Waals surface area contributed by atoms with E-state index in [2.05, 4.69) is 4.72 Å². The molecule has 3 aromatic carbocycles. The highest BCUT2D eigenvalue weighted by Gasteiger charge is 2.31. The zero-order valence-electron chi connectivity index (χ0n) is 17.9. The first-order valence-corrected chi connectivity index (χ1v) is 11.8. The first-order chi connectivity index (χ1) is 14.8. The van der Waals surface area contributed by atoms with E-state index in [0.29, 0.717) is 16.0 Å². The molecule has 0 aliphatic carbocycles. The second kappa shape index (κ2) is 8.29. The number of hydrogen-bond donors (Lipinski definition) is 1. The smallest absolute Gasteiger partial charge is 0.258 e. The number of hydrogen-bond acceptors (Lipinski definition) is 3. The average molecular weight is 435 g/mol. The summed E-state index contributed by atoms with van der Waals surface area (Å²) in [6.45, 7) is 5.85. The Kier molecular flexibility index (Phi) is 5.69. The molecule has 0 bridgehead atoms. The highest BCUT2D eigenvalue weighted by molar-refractivity contribution is 7.89. The summed E-state index contributed by atoms with van der Waals surface area (Å²) in [4.78, 5) is 15.2. The summed E-state index contributed by atoms with van der Waals surface area (Å²) in [7, 11) is -3.64. The SMILES string of the molecule is Cc1ccc(C)c(S(=O)(=O)NCc2ccc3c(c2)N(C(=O)c2ccccc2)[C@@H](C)C3)c1. The quantitative estimate of drug-likeness (QED) is 0.648. The van der Waals surface area contributed by atoms with Crippen molar-refractivity contribution in [1.82, 2.24) is 4.72 Å². The molecule has 0 fully saturated rings. The Morgan fingerprint density at radius 2 is 1.77 bits per heavy atom. The summed E-state index contributed by atoms with van der Waals surface area (Å²) >= 11 is 0. The second-order valence-corrected chi connectivity index (χ2v) is 9.89. The molecule has 0 saturated carbocycles. The predicted molar refractivity (Wildman–Crippen MR) is 123 cm³/mol. The fraction of sp³-hybridized carbons (Fsp3) is 0.240. The number of benzene rings is 3. The van der Waals surface area contributed by atoms with Crippen LogP contribution in [-0.2, 0) is 23.0 Å². The number of carbonyl (C=O) groups excluding carboxylic acids is 1. The van der Waals surface area contributed by atoms with Gasteiger partial charge in [-0.1, -0.05) is 42.5 Å². The van der Waals surface area contributed by atoms with Crippen LogP contribution in [-0.4, -0.2) is 20.4 Å². The Morgan fingerprint density at radius 3 is 2.52 bits per heavy atom. The highest BCUT2D eigenvalue weighted by Crippen LogP contribution is 2.34. The second-order valence-electron chi connectivity index (χ2n) is 8.15. The first-order valence-electron chi connectivity index (χ1n) is 10.3. The lowest BCUT2D eigenvalue weighted by Crippen LogP contribution is -2.35. The molecule has 0 saturated heterocycles. The molecule has 0 aromatic heterocycles. The minimum atomic E-state index is -3.64. The molecular formula is C25H26N2O3S. The van der Waals surface area contributed by atoms with Crippen molar-refractivity contribution < 1.29 is 13.2 Å². The van der Waals surface area contributed by atoms with E-state index in [4.69, 9.17) is 0 Å². The molecule has 1 aliphatic rings. The van der Waals surface area contributed by atoms with Crippen molar-refractivity contribution in [3.8, 4) is 0 Å². The summed E-state index contributed by atoms with van der Waals surface area (Å²) in [5, 5.41) is 0. The Labute approximate surface area is 183 Å². The van der Waals surface area contributed by atoms with Gasteiger partial charge < -0.3 is 4.90 Å². The molecule has 1 atom stereocenters. The molecule has 6 heteroatoms. The minimum Gasteiger partial charge on any atom is -0.305 e. The zero-order valence-corrected chi connectivity index (χ0v) is 18.7. The number of sulfonamides is 1. The number of nitrogens with one attached hydrogen (secondary N) is 1. The van der Waals surface area contributed by atoms with Gasteiger partial charge in [-0.15, -0.1) is 0 Å². The van der Waals surface area contributed by atoms with Crippen LogP contribution in [0.25, 0.3) is 0 Å². The maximum Gasteiger partial charge on any atom is 0.258 e. The molecule has 5 nitrogen and oxygen atoms in total. The molecule has 1 N–H and O–H groups in total. The molecule has 0 radical (unpaired) electrons. The van der Waals surface area contributed by atoms with E-state index >= 15 is 0 Å². The van der Waals surface area contributed by atoms with Crippen molar-refractivity contribution in [2.24, 2.45) is 0 Å². The summed E-state index contributed by atoms with van der Waals surface area (Å²) in [5.74, 6) is -0.0417. The van der Waals surface area contributed by atoms with Crippen LogP contribution in [0, 0.1) is 13.8 Å². The lowest BCUT2D eigenvalue weighted by molar-refractivity contribution is 0.0981. The molecule has 0 spiro atoms. The minimum absolute atomic E-state index is 0.0417. The van der Waals surface area contributed by atoms with E-state index in [1.54, 1.807) is 13.0 Å². The van der Waals surface area contributed by atoms with Gasteiger partial charge in [0, 0.05) is 23.8 Å².